The van der Waals surface area contributed by atoms with Gasteiger partial charge in [-0.25, -0.2) is 0 Å². The number of benzene rings is 1. The molecule has 0 saturated heterocycles. The fourth-order valence-corrected chi connectivity index (χ4v) is 1.42. The molecule has 0 aromatic heterocycles. The Morgan fingerprint density at radius 1 is 1.23 bits per heavy atom. The minimum atomic E-state index is 0.405. The zero-order valence-corrected chi connectivity index (χ0v) is 9.36. The van der Waals surface area contributed by atoms with E-state index in [1.165, 1.54) is 12.0 Å². The van der Waals surface area contributed by atoms with Gasteiger partial charge in [0.25, 0.3) is 0 Å². The summed E-state index contributed by atoms with van der Waals surface area (Å²) in [4.78, 5) is 0. The molecule has 72 valence electrons. The molecule has 0 nitrogen and oxygen atoms in total. The standard InChI is InChI=1S/C12H17Cl/c1-12(2,3)8-7-10-5-4-6-11(13)9-10/h4-6,9H,7-8H2,1-3H3. The second-order valence-electron chi connectivity index (χ2n) is 4.69. The molecule has 1 rings (SSSR count). The summed E-state index contributed by atoms with van der Waals surface area (Å²) < 4.78 is 0. The Kier molecular flexibility index (Phi) is 3.38. The minimum absolute atomic E-state index is 0.405. The Bertz CT molecular complexity index is 271. The van der Waals surface area contributed by atoms with Gasteiger partial charge in [0.1, 0.15) is 0 Å². The molecule has 0 aliphatic rings. The van der Waals surface area contributed by atoms with Gasteiger partial charge in [-0.3, -0.25) is 0 Å². The lowest BCUT2D eigenvalue weighted by Gasteiger charge is -2.17. The molecular formula is C12H17Cl. The average Bonchev–Trinajstić information content (AvgIpc) is 2.00. The normalized spacial score (nSPS) is 11.7. The first kappa shape index (κ1) is 10.6. The van der Waals surface area contributed by atoms with E-state index in [0.717, 1.165) is 11.4 Å². The fraction of sp³-hybridized carbons (Fsp3) is 0.500. The van der Waals surface area contributed by atoms with Crippen molar-refractivity contribution in [2.45, 2.75) is 33.6 Å². The molecule has 0 heterocycles. The van der Waals surface area contributed by atoms with E-state index in [9.17, 15) is 0 Å². The van der Waals surface area contributed by atoms with Crippen LogP contribution in [-0.4, -0.2) is 0 Å². The van der Waals surface area contributed by atoms with E-state index >= 15 is 0 Å². The lowest BCUT2D eigenvalue weighted by Crippen LogP contribution is -2.06. The van der Waals surface area contributed by atoms with Gasteiger partial charge in [0.15, 0.2) is 0 Å². The van der Waals surface area contributed by atoms with Gasteiger partial charge in [-0.2, -0.15) is 0 Å². The molecular weight excluding hydrogens is 180 g/mol. The number of aryl methyl sites for hydroxylation is 1. The summed E-state index contributed by atoms with van der Waals surface area (Å²) in [5, 5.41) is 0.839. The van der Waals surface area contributed by atoms with E-state index in [-0.39, 0.29) is 0 Å². The maximum absolute atomic E-state index is 5.89. The van der Waals surface area contributed by atoms with Gasteiger partial charge in [-0.1, -0.05) is 44.5 Å². The summed E-state index contributed by atoms with van der Waals surface area (Å²) >= 11 is 5.89. The Morgan fingerprint density at radius 2 is 1.92 bits per heavy atom. The van der Waals surface area contributed by atoms with Crippen LogP contribution in [0, 0.1) is 5.41 Å². The molecule has 0 atom stereocenters. The molecule has 13 heavy (non-hydrogen) atoms. The maximum Gasteiger partial charge on any atom is 0.0408 e. The van der Waals surface area contributed by atoms with Crippen molar-refractivity contribution >= 4 is 11.6 Å². The highest BCUT2D eigenvalue weighted by Crippen LogP contribution is 2.22. The first-order valence-corrected chi connectivity index (χ1v) is 5.10. The van der Waals surface area contributed by atoms with Crippen LogP contribution in [0.25, 0.3) is 0 Å². The monoisotopic (exact) mass is 196 g/mol. The molecule has 0 unspecified atom stereocenters. The van der Waals surface area contributed by atoms with Crippen LogP contribution in [0.1, 0.15) is 32.8 Å². The Labute approximate surface area is 85.9 Å². The van der Waals surface area contributed by atoms with E-state index in [2.05, 4.69) is 26.8 Å². The third-order valence-corrected chi connectivity index (χ3v) is 2.29. The number of hydrogen-bond donors (Lipinski definition) is 0. The molecule has 1 aromatic rings. The van der Waals surface area contributed by atoms with E-state index in [1.54, 1.807) is 0 Å². The van der Waals surface area contributed by atoms with Crippen molar-refractivity contribution in [2.75, 3.05) is 0 Å². The quantitative estimate of drug-likeness (QED) is 0.661. The van der Waals surface area contributed by atoms with Gasteiger partial charge in [-0.15, -0.1) is 0 Å². The van der Waals surface area contributed by atoms with Crippen molar-refractivity contribution in [1.82, 2.24) is 0 Å². The SMILES string of the molecule is CC(C)(C)CCc1cccc(Cl)c1. The summed E-state index contributed by atoms with van der Waals surface area (Å²) in [5.41, 5.74) is 1.74. The van der Waals surface area contributed by atoms with Gasteiger partial charge < -0.3 is 0 Å². The highest BCUT2D eigenvalue weighted by Gasteiger charge is 2.09. The van der Waals surface area contributed by atoms with Crippen LogP contribution >= 0.6 is 11.6 Å². The van der Waals surface area contributed by atoms with Gasteiger partial charge in [0.2, 0.25) is 0 Å². The molecule has 1 aromatic carbocycles. The van der Waals surface area contributed by atoms with Crippen LogP contribution in [0.2, 0.25) is 5.02 Å². The van der Waals surface area contributed by atoms with Crippen molar-refractivity contribution < 1.29 is 0 Å². The van der Waals surface area contributed by atoms with Crippen molar-refractivity contribution in [3.05, 3.63) is 34.9 Å². The first-order chi connectivity index (χ1) is 5.97. The average molecular weight is 197 g/mol. The van der Waals surface area contributed by atoms with Crippen LogP contribution < -0.4 is 0 Å². The van der Waals surface area contributed by atoms with E-state index in [0.29, 0.717) is 5.41 Å². The Hall–Kier alpha value is -0.490. The molecule has 0 aliphatic carbocycles. The molecule has 0 aliphatic heterocycles. The lowest BCUT2D eigenvalue weighted by molar-refractivity contribution is 0.378. The second kappa shape index (κ2) is 4.15. The summed E-state index contributed by atoms with van der Waals surface area (Å²) in [6, 6.07) is 8.12. The number of halogens is 1. The maximum atomic E-state index is 5.89. The first-order valence-electron chi connectivity index (χ1n) is 4.72. The van der Waals surface area contributed by atoms with Crippen LogP contribution in [0.5, 0.6) is 0 Å². The Morgan fingerprint density at radius 3 is 2.46 bits per heavy atom. The molecule has 0 amide bonds. The number of hydrogen-bond acceptors (Lipinski definition) is 0. The smallest absolute Gasteiger partial charge is 0.0408 e. The minimum Gasteiger partial charge on any atom is -0.0843 e. The molecule has 0 saturated carbocycles. The topological polar surface area (TPSA) is 0 Å². The zero-order valence-electron chi connectivity index (χ0n) is 8.60. The number of rotatable bonds is 2. The summed E-state index contributed by atoms with van der Waals surface area (Å²) in [5.74, 6) is 0. The van der Waals surface area contributed by atoms with Crippen LogP contribution in [-0.2, 0) is 6.42 Å². The lowest BCUT2D eigenvalue weighted by atomic mass is 9.89. The molecule has 0 bridgehead atoms. The highest BCUT2D eigenvalue weighted by atomic mass is 35.5. The molecule has 0 fully saturated rings. The fourth-order valence-electron chi connectivity index (χ4n) is 1.21. The molecule has 1 heteroatoms. The second-order valence-corrected chi connectivity index (χ2v) is 5.13. The molecule has 0 spiro atoms. The predicted molar refractivity (Wildman–Crippen MR) is 59.2 cm³/mol. The molecule has 0 radical (unpaired) electrons. The van der Waals surface area contributed by atoms with E-state index in [1.807, 2.05) is 18.2 Å². The van der Waals surface area contributed by atoms with Crippen molar-refractivity contribution in [2.24, 2.45) is 5.41 Å². The predicted octanol–water partition coefficient (Wildman–Crippen LogP) is 4.32. The zero-order chi connectivity index (χ0) is 9.90. The van der Waals surface area contributed by atoms with Gasteiger partial charge >= 0.3 is 0 Å². The highest BCUT2D eigenvalue weighted by molar-refractivity contribution is 6.30. The van der Waals surface area contributed by atoms with Crippen molar-refractivity contribution in [1.29, 1.82) is 0 Å². The van der Waals surface area contributed by atoms with Crippen LogP contribution in [0.15, 0.2) is 24.3 Å². The van der Waals surface area contributed by atoms with Crippen LogP contribution in [0.3, 0.4) is 0 Å². The van der Waals surface area contributed by atoms with Crippen LogP contribution in [0.4, 0.5) is 0 Å². The summed E-state index contributed by atoms with van der Waals surface area (Å²) in [6.45, 7) is 6.78. The third kappa shape index (κ3) is 4.33. The van der Waals surface area contributed by atoms with Gasteiger partial charge in [0, 0.05) is 5.02 Å². The van der Waals surface area contributed by atoms with Gasteiger partial charge in [0.05, 0.1) is 0 Å². The summed E-state index contributed by atoms with van der Waals surface area (Å²) in [7, 11) is 0. The summed E-state index contributed by atoms with van der Waals surface area (Å²) in [6.07, 6.45) is 2.32. The molecule has 0 N–H and O–H groups in total. The van der Waals surface area contributed by atoms with Gasteiger partial charge in [-0.05, 0) is 36.0 Å². The third-order valence-electron chi connectivity index (χ3n) is 2.05. The van der Waals surface area contributed by atoms with Crippen molar-refractivity contribution in [3.63, 3.8) is 0 Å². The van der Waals surface area contributed by atoms with E-state index < -0.39 is 0 Å². The van der Waals surface area contributed by atoms with E-state index in [4.69, 9.17) is 11.6 Å². The van der Waals surface area contributed by atoms with Crippen molar-refractivity contribution in [3.8, 4) is 0 Å². The largest absolute Gasteiger partial charge is 0.0843 e. The Balaban J connectivity index is 2.55.